The van der Waals surface area contributed by atoms with Crippen molar-refractivity contribution in [1.82, 2.24) is 9.88 Å². The second kappa shape index (κ2) is 7.69. The Morgan fingerprint density at radius 2 is 2.15 bits per heavy atom. The number of anilines is 2. The molecule has 0 radical (unpaired) electrons. The molecule has 0 bridgehead atoms. The second-order valence-corrected chi connectivity index (χ2v) is 9.47. The van der Waals surface area contributed by atoms with E-state index in [1.807, 2.05) is 19.0 Å². The third kappa shape index (κ3) is 4.22. The van der Waals surface area contributed by atoms with E-state index in [4.69, 9.17) is 0 Å². The lowest BCUT2D eigenvalue weighted by Gasteiger charge is -2.23. The fourth-order valence-corrected chi connectivity index (χ4v) is 5.40. The van der Waals surface area contributed by atoms with Crippen LogP contribution in [0.4, 0.5) is 19.6 Å². The summed E-state index contributed by atoms with van der Waals surface area (Å²) in [5.41, 5.74) is 0.529. The van der Waals surface area contributed by atoms with Crippen LogP contribution in [0.1, 0.15) is 12.0 Å². The van der Waals surface area contributed by atoms with Crippen molar-refractivity contribution in [3.05, 3.63) is 34.8 Å². The number of sulfonamides is 1. The van der Waals surface area contributed by atoms with Crippen molar-refractivity contribution in [2.24, 2.45) is 5.92 Å². The number of hydrogen-bond donors (Lipinski definition) is 1. The van der Waals surface area contributed by atoms with E-state index in [0.29, 0.717) is 24.7 Å². The number of thiazole rings is 1. The van der Waals surface area contributed by atoms with Crippen molar-refractivity contribution in [3.63, 3.8) is 0 Å². The van der Waals surface area contributed by atoms with E-state index in [2.05, 4.69) is 14.6 Å². The van der Waals surface area contributed by atoms with Gasteiger partial charge in [-0.1, -0.05) is 0 Å². The van der Waals surface area contributed by atoms with Crippen LogP contribution >= 0.6 is 11.3 Å². The van der Waals surface area contributed by atoms with Gasteiger partial charge in [0.15, 0.2) is 15.8 Å². The van der Waals surface area contributed by atoms with Gasteiger partial charge in [-0.2, -0.15) is 0 Å². The van der Waals surface area contributed by atoms with Crippen molar-refractivity contribution in [3.8, 4) is 0 Å². The van der Waals surface area contributed by atoms with Gasteiger partial charge in [0.05, 0.1) is 0 Å². The Labute approximate surface area is 161 Å². The standard InChI is InChI=1S/C17H22F2N4O2S2/c1-11-14(23-6-4-12(10-23)9-22(2)3)8-13(18)16(15(11)19)27(24,25)21-17-20-5-7-26-17/h5,7-8,12H,4,6,9-10H2,1-3H3,(H,20,21). The summed E-state index contributed by atoms with van der Waals surface area (Å²) in [5.74, 6) is -1.76. The van der Waals surface area contributed by atoms with Gasteiger partial charge in [-0.3, -0.25) is 4.72 Å². The van der Waals surface area contributed by atoms with E-state index in [1.165, 1.54) is 13.1 Å². The lowest BCUT2D eigenvalue weighted by molar-refractivity contribution is 0.340. The van der Waals surface area contributed by atoms with Crippen LogP contribution in [0.25, 0.3) is 0 Å². The highest BCUT2D eigenvalue weighted by Gasteiger charge is 2.31. The third-order valence-corrected chi connectivity index (χ3v) is 6.76. The van der Waals surface area contributed by atoms with Gasteiger partial charge >= 0.3 is 0 Å². The zero-order valence-electron chi connectivity index (χ0n) is 15.4. The minimum atomic E-state index is -4.41. The molecule has 0 aliphatic carbocycles. The van der Waals surface area contributed by atoms with Crippen LogP contribution in [0.2, 0.25) is 0 Å². The maximum Gasteiger partial charge on any atom is 0.269 e. The molecule has 148 valence electrons. The molecule has 1 aromatic carbocycles. The van der Waals surface area contributed by atoms with Gasteiger partial charge in [0.2, 0.25) is 0 Å². The fraction of sp³-hybridized carbons (Fsp3) is 0.471. The summed E-state index contributed by atoms with van der Waals surface area (Å²) in [6.07, 6.45) is 2.33. The molecular weight excluding hydrogens is 394 g/mol. The van der Waals surface area contributed by atoms with Crippen LogP contribution in [0.15, 0.2) is 22.5 Å². The number of nitrogens with zero attached hydrogens (tertiary/aromatic N) is 3. The number of benzene rings is 1. The maximum atomic E-state index is 14.9. The minimum absolute atomic E-state index is 0.0570. The third-order valence-electron chi connectivity index (χ3n) is 4.57. The number of rotatable bonds is 6. The smallest absolute Gasteiger partial charge is 0.269 e. The molecule has 1 aromatic heterocycles. The zero-order valence-corrected chi connectivity index (χ0v) is 17.0. The number of aromatic nitrogens is 1. The van der Waals surface area contributed by atoms with Crippen LogP contribution in [0.3, 0.4) is 0 Å². The molecule has 1 aliphatic rings. The Bertz CT molecular complexity index is 918. The molecular formula is C17H22F2N4O2S2. The summed E-state index contributed by atoms with van der Waals surface area (Å²) < 4.78 is 56.6. The molecule has 1 fully saturated rings. The molecule has 27 heavy (non-hydrogen) atoms. The number of halogens is 2. The second-order valence-electron chi connectivity index (χ2n) is 6.95. The highest BCUT2D eigenvalue weighted by Crippen LogP contribution is 2.34. The van der Waals surface area contributed by atoms with Crippen molar-refractivity contribution >= 4 is 32.2 Å². The van der Waals surface area contributed by atoms with Crippen LogP contribution in [0.5, 0.6) is 0 Å². The molecule has 0 amide bonds. The van der Waals surface area contributed by atoms with Crippen LogP contribution < -0.4 is 9.62 Å². The SMILES string of the molecule is Cc1c(N2CCC(CN(C)C)C2)cc(F)c(S(=O)(=O)Nc2nccs2)c1F. The molecule has 1 aliphatic heterocycles. The molecule has 2 heterocycles. The van der Waals surface area contributed by atoms with Gasteiger partial charge in [0.1, 0.15) is 5.82 Å². The van der Waals surface area contributed by atoms with Gasteiger partial charge < -0.3 is 9.80 Å². The Kier molecular flexibility index (Phi) is 5.68. The predicted molar refractivity (Wildman–Crippen MR) is 103 cm³/mol. The number of nitrogens with one attached hydrogen (secondary N) is 1. The first-order valence-electron chi connectivity index (χ1n) is 8.49. The van der Waals surface area contributed by atoms with Crippen molar-refractivity contribution < 1.29 is 17.2 Å². The first-order chi connectivity index (χ1) is 12.7. The van der Waals surface area contributed by atoms with E-state index < -0.39 is 26.6 Å². The highest BCUT2D eigenvalue weighted by atomic mass is 32.2. The Hall–Kier alpha value is -1.78. The summed E-state index contributed by atoms with van der Waals surface area (Å²) in [4.78, 5) is 6.83. The molecule has 0 spiro atoms. The van der Waals surface area contributed by atoms with E-state index in [1.54, 1.807) is 5.38 Å². The minimum Gasteiger partial charge on any atom is -0.371 e. The summed E-state index contributed by atoms with van der Waals surface area (Å²) in [6.45, 7) is 3.74. The largest absolute Gasteiger partial charge is 0.371 e. The molecule has 1 saturated heterocycles. The zero-order chi connectivity index (χ0) is 19.8. The van der Waals surface area contributed by atoms with Gasteiger partial charge in [-0.25, -0.2) is 22.2 Å². The average Bonchev–Trinajstić information content (AvgIpc) is 3.21. The predicted octanol–water partition coefficient (Wildman–Crippen LogP) is 2.92. The van der Waals surface area contributed by atoms with Gasteiger partial charge in [0.25, 0.3) is 10.0 Å². The molecule has 1 unspecified atom stereocenters. The normalized spacial score (nSPS) is 17.7. The van der Waals surface area contributed by atoms with E-state index in [9.17, 15) is 17.2 Å². The van der Waals surface area contributed by atoms with E-state index in [0.717, 1.165) is 30.4 Å². The maximum absolute atomic E-state index is 14.9. The van der Waals surface area contributed by atoms with Gasteiger partial charge in [0, 0.05) is 42.5 Å². The molecule has 3 rings (SSSR count). The summed E-state index contributed by atoms with van der Waals surface area (Å²) in [5, 5.41) is 1.62. The Morgan fingerprint density at radius 3 is 2.78 bits per heavy atom. The fourth-order valence-electron chi connectivity index (χ4n) is 3.41. The lowest BCUT2D eigenvalue weighted by Crippen LogP contribution is -2.27. The molecule has 0 saturated carbocycles. The van der Waals surface area contributed by atoms with E-state index in [-0.39, 0.29) is 10.7 Å². The summed E-state index contributed by atoms with van der Waals surface area (Å²) in [6, 6.07) is 1.12. The quantitative estimate of drug-likeness (QED) is 0.784. The molecule has 1 N–H and O–H groups in total. The van der Waals surface area contributed by atoms with Crippen LogP contribution in [-0.4, -0.2) is 52.0 Å². The summed E-state index contributed by atoms with van der Waals surface area (Å²) >= 11 is 1.03. The van der Waals surface area contributed by atoms with Crippen molar-refractivity contribution in [1.29, 1.82) is 0 Å². The average molecular weight is 417 g/mol. The molecule has 2 aromatic rings. The first-order valence-corrected chi connectivity index (χ1v) is 10.9. The van der Waals surface area contributed by atoms with Crippen LogP contribution in [0, 0.1) is 24.5 Å². The lowest BCUT2D eigenvalue weighted by atomic mass is 10.1. The van der Waals surface area contributed by atoms with Crippen LogP contribution in [-0.2, 0) is 10.0 Å². The molecule has 10 heteroatoms. The summed E-state index contributed by atoms with van der Waals surface area (Å²) in [7, 11) is -0.434. The molecule has 6 nitrogen and oxygen atoms in total. The van der Waals surface area contributed by atoms with Gasteiger partial charge in [-0.05, 0) is 39.4 Å². The molecule has 1 atom stereocenters. The first kappa shape index (κ1) is 20.0. The monoisotopic (exact) mass is 416 g/mol. The van der Waals surface area contributed by atoms with Crippen molar-refractivity contribution in [2.75, 3.05) is 43.4 Å². The Balaban J connectivity index is 1.91. The topological polar surface area (TPSA) is 65.5 Å². The number of hydrogen-bond acceptors (Lipinski definition) is 6. The Morgan fingerprint density at radius 1 is 1.41 bits per heavy atom. The highest BCUT2D eigenvalue weighted by molar-refractivity contribution is 7.93. The van der Waals surface area contributed by atoms with E-state index >= 15 is 0 Å². The van der Waals surface area contributed by atoms with Crippen molar-refractivity contribution in [2.45, 2.75) is 18.2 Å². The van der Waals surface area contributed by atoms with Gasteiger partial charge in [-0.15, -0.1) is 11.3 Å².